The second-order valence-electron chi connectivity index (χ2n) is 4.69. The van der Waals surface area contributed by atoms with Crippen molar-refractivity contribution in [1.29, 1.82) is 0 Å². The molecule has 0 spiro atoms. The molecule has 3 rings (SSSR count). The fourth-order valence-electron chi connectivity index (χ4n) is 2.24. The average molecular weight is 282 g/mol. The third-order valence-electron chi connectivity index (χ3n) is 3.25. The fraction of sp³-hybridized carbons (Fsp3) is 0.0588. The van der Waals surface area contributed by atoms with Crippen LogP contribution in [0.5, 0.6) is 0 Å². The van der Waals surface area contributed by atoms with E-state index in [9.17, 15) is 4.79 Å². The number of aryl methyl sites for hydroxylation is 1. The zero-order chi connectivity index (χ0) is 14.1. The maximum atomic E-state index is 12.7. The summed E-state index contributed by atoms with van der Waals surface area (Å²) >= 11 is 6.18. The summed E-state index contributed by atoms with van der Waals surface area (Å²) in [7, 11) is 0. The first-order valence-electron chi connectivity index (χ1n) is 6.31. The number of ketones is 1. The van der Waals surface area contributed by atoms with Gasteiger partial charge in [-0.2, -0.15) is 0 Å². The van der Waals surface area contributed by atoms with E-state index in [-0.39, 0.29) is 5.78 Å². The van der Waals surface area contributed by atoms with E-state index in [1.165, 1.54) is 0 Å². The van der Waals surface area contributed by atoms with Gasteiger partial charge in [-0.1, -0.05) is 35.9 Å². The number of benzene rings is 2. The molecular weight excluding hydrogens is 270 g/mol. The van der Waals surface area contributed by atoms with E-state index < -0.39 is 0 Å². The van der Waals surface area contributed by atoms with Gasteiger partial charge in [-0.25, -0.2) is 0 Å². The quantitative estimate of drug-likeness (QED) is 0.651. The highest BCUT2D eigenvalue weighted by atomic mass is 35.5. The summed E-state index contributed by atoms with van der Waals surface area (Å²) in [6, 6.07) is 14.8. The first-order valence-corrected chi connectivity index (χ1v) is 6.69. The average Bonchev–Trinajstić information content (AvgIpc) is 2.46. The Labute approximate surface area is 122 Å². The molecule has 98 valence electrons. The Balaban J connectivity index is 2.18. The van der Waals surface area contributed by atoms with Crippen LogP contribution in [0, 0.1) is 6.92 Å². The van der Waals surface area contributed by atoms with Crippen molar-refractivity contribution in [3.63, 3.8) is 0 Å². The number of hydrogen-bond donors (Lipinski definition) is 0. The highest BCUT2D eigenvalue weighted by Crippen LogP contribution is 2.24. The van der Waals surface area contributed by atoms with Crippen molar-refractivity contribution in [3.05, 3.63) is 76.4 Å². The van der Waals surface area contributed by atoms with Crippen LogP contribution in [0.25, 0.3) is 10.9 Å². The number of rotatable bonds is 2. The molecule has 0 aliphatic heterocycles. The molecule has 0 amide bonds. The van der Waals surface area contributed by atoms with Gasteiger partial charge in [-0.3, -0.25) is 9.78 Å². The number of carbonyl (C=O) groups is 1. The van der Waals surface area contributed by atoms with E-state index in [0.29, 0.717) is 21.7 Å². The Kier molecular flexibility index (Phi) is 3.25. The van der Waals surface area contributed by atoms with Crippen LogP contribution in [-0.4, -0.2) is 10.8 Å². The number of aromatic nitrogens is 1. The molecule has 0 unspecified atom stereocenters. The van der Waals surface area contributed by atoms with Crippen LogP contribution in [0.4, 0.5) is 0 Å². The molecule has 1 aromatic heterocycles. The zero-order valence-corrected chi connectivity index (χ0v) is 11.7. The van der Waals surface area contributed by atoms with Crippen molar-refractivity contribution in [3.8, 4) is 0 Å². The van der Waals surface area contributed by atoms with Crippen LogP contribution in [0.1, 0.15) is 21.5 Å². The molecule has 0 atom stereocenters. The third kappa shape index (κ3) is 2.19. The lowest BCUT2D eigenvalue weighted by atomic mass is 9.99. The highest BCUT2D eigenvalue weighted by Gasteiger charge is 2.15. The number of fused-ring (bicyclic) bond motifs is 1. The molecule has 3 heteroatoms. The smallest absolute Gasteiger partial charge is 0.196 e. The largest absolute Gasteiger partial charge is 0.288 e. The predicted octanol–water partition coefficient (Wildman–Crippen LogP) is 4.43. The Morgan fingerprint density at radius 2 is 1.85 bits per heavy atom. The minimum atomic E-state index is -0.0979. The van der Waals surface area contributed by atoms with Crippen LogP contribution in [-0.2, 0) is 0 Å². The van der Waals surface area contributed by atoms with Crippen molar-refractivity contribution in [2.45, 2.75) is 6.92 Å². The molecule has 3 aromatic rings. The normalized spacial score (nSPS) is 10.7. The molecule has 0 saturated carbocycles. The maximum absolute atomic E-state index is 12.7. The topological polar surface area (TPSA) is 30.0 Å². The summed E-state index contributed by atoms with van der Waals surface area (Å²) in [6.45, 7) is 1.94. The second kappa shape index (κ2) is 5.06. The minimum absolute atomic E-state index is 0.0979. The van der Waals surface area contributed by atoms with E-state index in [4.69, 9.17) is 11.6 Å². The molecule has 20 heavy (non-hydrogen) atoms. The standard InChI is InChI=1S/C17H12ClNO/c1-11-7-8-13(15(18)10-11)17(20)14-6-2-4-12-5-3-9-19-16(12)14/h2-10H,1H3. The minimum Gasteiger partial charge on any atom is -0.288 e. The number of nitrogens with zero attached hydrogens (tertiary/aromatic N) is 1. The van der Waals surface area contributed by atoms with E-state index in [2.05, 4.69) is 4.98 Å². The number of halogens is 1. The van der Waals surface area contributed by atoms with E-state index in [0.717, 1.165) is 10.9 Å². The lowest BCUT2D eigenvalue weighted by Crippen LogP contribution is -2.04. The van der Waals surface area contributed by atoms with Crippen molar-refractivity contribution >= 4 is 28.3 Å². The molecule has 2 nitrogen and oxygen atoms in total. The van der Waals surface area contributed by atoms with Crippen molar-refractivity contribution in [2.75, 3.05) is 0 Å². The molecular formula is C17H12ClNO. The number of para-hydroxylation sites is 1. The Bertz CT molecular complexity index is 806. The molecule has 0 N–H and O–H groups in total. The van der Waals surface area contributed by atoms with Gasteiger partial charge in [-0.15, -0.1) is 0 Å². The maximum Gasteiger partial charge on any atom is 0.196 e. The summed E-state index contributed by atoms with van der Waals surface area (Å²) in [5, 5.41) is 1.42. The molecule has 0 bridgehead atoms. The van der Waals surface area contributed by atoms with Crippen LogP contribution in [0.2, 0.25) is 5.02 Å². The molecule has 1 heterocycles. The van der Waals surface area contributed by atoms with Gasteiger partial charge >= 0.3 is 0 Å². The second-order valence-corrected chi connectivity index (χ2v) is 5.10. The molecule has 0 saturated heterocycles. The van der Waals surface area contributed by atoms with Crippen LogP contribution >= 0.6 is 11.6 Å². The molecule has 2 aromatic carbocycles. The predicted molar refractivity (Wildman–Crippen MR) is 81.4 cm³/mol. The fourth-order valence-corrected chi connectivity index (χ4v) is 2.56. The van der Waals surface area contributed by atoms with Gasteiger partial charge in [0.15, 0.2) is 5.78 Å². The van der Waals surface area contributed by atoms with Gasteiger partial charge in [0.2, 0.25) is 0 Å². The Hall–Kier alpha value is -2.19. The Morgan fingerprint density at radius 3 is 2.65 bits per heavy atom. The number of pyridine rings is 1. The van der Waals surface area contributed by atoms with Gasteiger partial charge in [0.25, 0.3) is 0 Å². The summed E-state index contributed by atoms with van der Waals surface area (Å²) in [5.74, 6) is -0.0979. The first kappa shape index (κ1) is 12.8. The third-order valence-corrected chi connectivity index (χ3v) is 3.56. The number of carbonyl (C=O) groups excluding carboxylic acids is 1. The molecule has 0 aliphatic rings. The van der Waals surface area contributed by atoms with Gasteiger partial charge < -0.3 is 0 Å². The van der Waals surface area contributed by atoms with Crippen molar-refractivity contribution in [1.82, 2.24) is 4.98 Å². The van der Waals surface area contributed by atoms with Crippen LogP contribution < -0.4 is 0 Å². The SMILES string of the molecule is Cc1ccc(C(=O)c2cccc3cccnc23)c(Cl)c1. The van der Waals surface area contributed by atoms with E-state index in [1.807, 2.05) is 37.3 Å². The monoisotopic (exact) mass is 281 g/mol. The van der Waals surface area contributed by atoms with Gasteiger partial charge in [0.05, 0.1) is 10.5 Å². The summed E-state index contributed by atoms with van der Waals surface area (Å²) < 4.78 is 0. The molecule has 0 radical (unpaired) electrons. The highest BCUT2D eigenvalue weighted by molar-refractivity contribution is 6.35. The molecule has 0 fully saturated rings. The first-order chi connectivity index (χ1) is 9.66. The van der Waals surface area contributed by atoms with Crippen molar-refractivity contribution in [2.24, 2.45) is 0 Å². The Morgan fingerprint density at radius 1 is 1.05 bits per heavy atom. The van der Waals surface area contributed by atoms with Crippen LogP contribution in [0.3, 0.4) is 0 Å². The zero-order valence-electron chi connectivity index (χ0n) is 10.9. The summed E-state index contributed by atoms with van der Waals surface area (Å²) in [5.41, 5.74) is 2.82. The lowest BCUT2D eigenvalue weighted by molar-refractivity contribution is 0.104. The van der Waals surface area contributed by atoms with Gasteiger partial charge in [0, 0.05) is 22.7 Å². The van der Waals surface area contributed by atoms with Gasteiger partial charge in [-0.05, 0) is 36.8 Å². The number of hydrogen-bond acceptors (Lipinski definition) is 2. The van der Waals surface area contributed by atoms with Crippen molar-refractivity contribution < 1.29 is 4.79 Å². The molecule has 0 aliphatic carbocycles. The summed E-state index contributed by atoms with van der Waals surface area (Å²) in [6.07, 6.45) is 1.69. The summed E-state index contributed by atoms with van der Waals surface area (Å²) in [4.78, 5) is 17.0. The van der Waals surface area contributed by atoms with Gasteiger partial charge in [0.1, 0.15) is 0 Å². The van der Waals surface area contributed by atoms with E-state index >= 15 is 0 Å². The lowest BCUT2D eigenvalue weighted by Gasteiger charge is -2.07. The van der Waals surface area contributed by atoms with E-state index in [1.54, 1.807) is 24.4 Å². The van der Waals surface area contributed by atoms with Crippen LogP contribution in [0.15, 0.2) is 54.7 Å².